The fourth-order valence-corrected chi connectivity index (χ4v) is 2.48. The van der Waals surface area contributed by atoms with Gasteiger partial charge in [-0.3, -0.25) is 0 Å². The van der Waals surface area contributed by atoms with Crippen LogP contribution in [0.15, 0.2) is 17.6 Å². The first-order valence-corrected chi connectivity index (χ1v) is 6.06. The molecule has 0 aliphatic carbocycles. The maximum atomic E-state index is 5.73. The zero-order valence-electron chi connectivity index (χ0n) is 9.51. The van der Waals surface area contributed by atoms with Gasteiger partial charge in [-0.05, 0) is 19.9 Å². The molecule has 17 heavy (non-hydrogen) atoms. The van der Waals surface area contributed by atoms with Crippen molar-refractivity contribution in [1.29, 1.82) is 0 Å². The molecule has 86 valence electrons. The van der Waals surface area contributed by atoms with E-state index in [9.17, 15) is 0 Å². The van der Waals surface area contributed by atoms with Crippen LogP contribution in [0.5, 0.6) is 0 Å². The summed E-state index contributed by atoms with van der Waals surface area (Å²) in [6.07, 6.45) is 1.64. The number of rotatable bonds is 1. The third-order valence-electron chi connectivity index (χ3n) is 2.52. The van der Waals surface area contributed by atoms with Crippen LogP contribution in [0, 0.1) is 13.8 Å². The number of aromatic nitrogens is 4. The lowest BCUT2D eigenvalue weighted by molar-refractivity contribution is 0.864. The van der Waals surface area contributed by atoms with Crippen molar-refractivity contribution in [3.8, 4) is 5.13 Å². The van der Waals surface area contributed by atoms with Crippen LogP contribution < -0.4 is 5.73 Å². The number of nitrogen functional groups attached to an aromatic ring is 1. The quantitative estimate of drug-likeness (QED) is 0.712. The lowest BCUT2D eigenvalue weighted by Crippen LogP contribution is -1.97. The van der Waals surface area contributed by atoms with Crippen molar-refractivity contribution in [2.24, 2.45) is 0 Å². The van der Waals surface area contributed by atoms with Gasteiger partial charge < -0.3 is 5.73 Å². The van der Waals surface area contributed by atoms with Gasteiger partial charge in [-0.2, -0.15) is 9.78 Å². The Labute approximate surface area is 102 Å². The summed E-state index contributed by atoms with van der Waals surface area (Å²) >= 11 is 1.55. The Morgan fingerprint density at radius 3 is 2.88 bits per heavy atom. The van der Waals surface area contributed by atoms with Gasteiger partial charge in [0, 0.05) is 10.8 Å². The predicted octanol–water partition coefficient (Wildman–Crippen LogP) is 2.08. The summed E-state index contributed by atoms with van der Waals surface area (Å²) in [5, 5.41) is 8.26. The van der Waals surface area contributed by atoms with Crippen LogP contribution in [0.1, 0.15) is 11.4 Å². The molecule has 0 aromatic carbocycles. The first-order valence-electron chi connectivity index (χ1n) is 5.18. The van der Waals surface area contributed by atoms with E-state index in [1.54, 1.807) is 22.2 Å². The monoisotopic (exact) mass is 245 g/mol. The number of thiazole rings is 1. The molecule has 0 saturated heterocycles. The summed E-state index contributed by atoms with van der Waals surface area (Å²) in [5.41, 5.74) is 9.08. The Kier molecular flexibility index (Phi) is 2.12. The zero-order chi connectivity index (χ0) is 12.0. The van der Waals surface area contributed by atoms with Gasteiger partial charge in [0.05, 0.1) is 23.3 Å². The molecule has 3 heterocycles. The number of nitrogens with two attached hydrogens (primary N) is 1. The molecule has 0 spiro atoms. The molecule has 0 aliphatic rings. The standard InChI is InChI=1S/C11H11N5S/c1-6-5-17-11(14-6)16-10-9(7(2)15-16)3-8(12)4-13-10/h3-5H,12H2,1-2H3. The highest BCUT2D eigenvalue weighted by Crippen LogP contribution is 2.23. The maximum absolute atomic E-state index is 5.73. The predicted molar refractivity (Wildman–Crippen MR) is 68.4 cm³/mol. The average molecular weight is 245 g/mol. The van der Waals surface area contributed by atoms with Crippen LogP contribution in [-0.2, 0) is 0 Å². The molecule has 0 fully saturated rings. The van der Waals surface area contributed by atoms with Crippen LogP contribution >= 0.6 is 11.3 Å². The van der Waals surface area contributed by atoms with E-state index < -0.39 is 0 Å². The Hall–Kier alpha value is -1.95. The third kappa shape index (κ3) is 1.57. The lowest BCUT2D eigenvalue weighted by Gasteiger charge is -1.97. The molecule has 0 saturated carbocycles. The van der Waals surface area contributed by atoms with Gasteiger partial charge in [-0.1, -0.05) is 0 Å². The van der Waals surface area contributed by atoms with Gasteiger partial charge in [0.2, 0.25) is 5.13 Å². The van der Waals surface area contributed by atoms with Crippen LogP contribution in [-0.4, -0.2) is 19.7 Å². The molecule has 0 atom stereocenters. The molecule has 5 nitrogen and oxygen atoms in total. The van der Waals surface area contributed by atoms with E-state index in [4.69, 9.17) is 5.73 Å². The summed E-state index contributed by atoms with van der Waals surface area (Å²) in [5.74, 6) is 0. The first-order chi connectivity index (χ1) is 8.15. The number of fused-ring (bicyclic) bond motifs is 1. The summed E-state index contributed by atoms with van der Waals surface area (Å²) in [6, 6.07) is 1.89. The SMILES string of the molecule is Cc1csc(-n2nc(C)c3cc(N)cnc32)n1. The van der Waals surface area contributed by atoms with E-state index in [1.165, 1.54) is 0 Å². The van der Waals surface area contributed by atoms with Gasteiger partial charge in [-0.25, -0.2) is 9.97 Å². The average Bonchev–Trinajstić information content (AvgIpc) is 2.84. The molecule has 3 aromatic heterocycles. The zero-order valence-corrected chi connectivity index (χ0v) is 10.3. The lowest BCUT2D eigenvalue weighted by atomic mass is 10.3. The summed E-state index contributed by atoms with van der Waals surface area (Å²) < 4.78 is 1.77. The second-order valence-electron chi connectivity index (χ2n) is 3.91. The van der Waals surface area contributed by atoms with Crippen molar-refractivity contribution in [3.05, 3.63) is 29.0 Å². The minimum atomic E-state index is 0.649. The number of hydrogen-bond donors (Lipinski definition) is 1. The highest BCUT2D eigenvalue weighted by atomic mass is 32.1. The number of nitrogens with zero attached hydrogens (tertiary/aromatic N) is 4. The molecular formula is C11H11N5S. The van der Waals surface area contributed by atoms with Crippen molar-refractivity contribution in [2.75, 3.05) is 5.73 Å². The van der Waals surface area contributed by atoms with E-state index in [0.29, 0.717) is 5.69 Å². The smallest absolute Gasteiger partial charge is 0.212 e. The first kappa shape index (κ1) is 10.2. The number of aryl methyl sites for hydroxylation is 2. The molecule has 0 aliphatic heterocycles. The van der Waals surface area contributed by atoms with Gasteiger partial charge in [0.1, 0.15) is 0 Å². The molecular weight excluding hydrogens is 234 g/mol. The largest absolute Gasteiger partial charge is 0.397 e. The molecule has 6 heteroatoms. The van der Waals surface area contributed by atoms with Gasteiger partial charge in [-0.15, -0.1) is 11.3 Å². The Balaban J connectivity index is 2.31. The van der Waals surface area contributed by atoms with E-state index in [0.717, 1.165) is 27.6 Å². The molecule has 0 unspecified atom stereocenters. The number of hydrogen-bond acceptors (Lipinski definition) is 5. The Morgan fingerprint density at radius 1 is 1.35 bits per heavy atom. The third-order valence-corrected chi connectivity index (χ3v) is 3.45. The van der Waals surface area contributed by atoms with Crippen molar-refractivity contribution in [2.45, 2.75) is 13.8 Å². The minimum absolute atomic E-state index is 0.649. The summed E-state index contributed by atoms with van der Waals surface area (Å²) in [6.45, 7) is 3.91. The molecule has 0 bridgehead atoms. The van der Waals surface area contributed by atoms with E-state index >= 15 is 0 Å². The maximum Gasteiger partial charge on any atom is 0.212 e. The number of anilines is 1. The van der Waals surface area contributed by atoms with Crippen molar-refractivity contribution < 1.29 is 0 Å². The van der Waals surface area contributed by atoms with E-state index in [2.05, 4.69) is 15.1 Å². The normalized spacial score (nSPS) is 11.2. The minimum Gasteiger partial charge on any atom is -0.397 e. The molecule has 3 aromatic rings. The summed E-state index contributed by atoms with van der Waals surface area (Å²) in [4.78, 5) is 8.74. The van der Waals surface area contributed by atoms with E-state index in [1.807, 2.05) is 25.3 Å². The number of pyridine rings is 1. The second kappa shape index (κ2) is 3.53. The van der Waals surface area contributed by atoms with Gasteiger partial charge in [0.25, 0.3) is 0 Å². The van der Waals surface area contributed by atoms with Crippen LogP contribution in [0.2, 0.25) is 0 Å². The van der Waals surface area contributed by atoms with Crippen LogP contribution in [0.25, 0.3) is 16.2 Å². The molecule has 2 N–H and O–H groups in total. The van der Waals surface area contributed by atoms with E-state index in [-0.39, 0.29) is 0 Å². The van der Waals surface area contributed by atoms with Crippen molar-refractivity contribution >= 4 is 28.1 Å². The van der Waals surface area contributed by atoms with Crippen LogP contribution in [0.3, 0.4) is 0 Å². The summed E-state index contributed by atoms with van der Waals surface area (Å²) in [7, 11) is 0. The highest BCUT2D eigenvalue weighted by Gasteiger charge is 2.12. The Morgan fingerprint density at radius 2 is 2.18 bits per heavy atom. The van der Waals surface area contributed by atoms with Gasteiger partial charge in [0.15, 0.2) is 5.65 Å². The van der Waals surface area contributed by atoms with Crippen molar-refractivity contribution in [3.63, 3.8) is 0 Å². The molecule has 0 amide bonds. The highest BCUT2D eigenvalue weighted by molar-refractivity contribution is 7.12. The van der Waals surface area contributed by atoms with Gasteiger partial charge >= 0.3 is 0 Å². The second-order valence-corrected chi connectivity index (χ2v) is 4.75. The van der Waals surface area contributed by atoms with Crippen LogP contribution in [0.4, 0.5) is 5.69 Å². The molecule has 3 rings (SSSR count). The molecule has 0 radical (unpaired) electrons. The Bertz CT molecular complexity index is 697. The van der Waals surface area contributed by atoms with Crippen molar-refractivity contribution in [1.82, 2.24) is 19.7 Å². The fraction of sp³-hybridized carbons (Fsp3) is 0.182. The fourth-order valence-electron chi connectivity index (χ4n) is 1.73. The topological polar surface area (TPSA) is 69.6 Å².